The number of benzene rings is 1. The maximum absolute atomic E-state index is 11.5. The van der Waals surface area contributed by atoms with E-state index < -0.39 is 10.0 Å². The molecule has 0 saturated heterocycles. The molecular formula is C11H15ClN2O3S. The number of halogens is 1. The Morgan fingerprint density at radius 2 is 2.00 bits per heavy atom. The molecule has 1 aromatic rings. The van der Waals surface area contributed by atoms with E-state index in [1.807, 2.05) is 0 Å². The molecule has 0 aromatic heterocycles. The number of anilines is 2. The molecule has 7 heteroatoms. The summed E-state index contributed by atoms with van der Waals surface area (Å²) in [6.45, 7) is 1.74. The molecule has 1 aromatic carbocycles. The smallest absolute Gasteiger partial charge is 0.233 e. The molecule has 0 atom stereocenters. The van der Waals surface area contributed by atoms with Gasteiger partial charge in [0, 0.05) is 18.0 Å². The van der Waals surface area contributed by atoms with Crippen LogP contribution in [0.15, 0.2) is 24.3 Å². The molecule has 0 bridgehead atoms. The van der Waals surface area contributed by atoms with Crippen LogP contribution in [0, 0.1) is 0 Å². The Hall–Kier alpha value is -1.27. The number of nitrogens with one attached hydrogen (secondary N) is 2. The minimum atomic E-state index is -3.43. The standard InChI is InChI=1S/C11H15ClN2O3S/c1-2-11(15)13-9-4-3-5-10(8-9)14-18(16,17)7-6-12/h3-5,8,14H,2,6-7H2,1H3,(H,13,15). The lowest BCUT2D eigenvalue weighted by Crippen LogP contribution is -2.17. The number of hydrogen-bond acceptors (Lipinski definition) is 3. The lowest BCUT2D eigenvalue weighted by molar-refractivity contribution is -0.115. The molecule has 0 radical (unpaired) electrons. The molecule has 0 aliphatic carbocycles. The highest BCUT2D eigenvalue weighted by Gasteiger charge is 2.09. The van der Waals surface area contributed by atoms with E-state index in [2.05, 4.69) is 10.0 Å². The van der Waals surface area contributed by atoms with Gasteiger partial charge in [0.2, 0.25) is 15.9 Å². The quantitative estimate of drug-likeness (QED) is 0.787. The van der Waals surface area contributed by atoms with Crippen LogP contribution in [0.2, 0.25) is 0 Å². The largest absolute Gasteiger partial charge is 0.326 e. The SMILES string of the molecule is CCC(=O)Nc1cccc(NS(=O)(=O)CCCl)c1. The summed E-state index contributed by atoms with van der Waals surface area (Å²) in [5.41, 5.74) is 0.946. The van der Waals surface area contributed by atoms with E-state index in [0.717, 1.165) is 0 Å². The molecule has 5 nitrogen and oxygen atoms in total. The predicted octanol–water partition coefficient (Wildman–Crippen LogP) is 2.02. The first kappa shape index (κ1) is 14.8. The summed E-state index contributed by atoms with van der Waals surface area (Å²) in [6, 6.07) is 6.50. The number of alkyl halides is 1. The summed E-state index contributed by atoms with van der Waals surface area (Å²) in [5.74, 6) is -0.252. The zero-order valence-electron chi connectivity index (χ0n) is 9.94. The molecular weight excluding hydrogens is 276 g/mol. The zero-order chi connectivity index (χ0) is 13.6. The van der Waals surface area contributed by atoms with Gasteiger partial charge in [0.05, 0.1) is 11.4 Å². The molecule has 0 unspecified atom stereocenters. The maximum atomic E-state index is 11.5. The molecule has 18 heavy (non-hydrogen) atoms. The summed E-state index contributed by atoms with van der Waals surface area (Å²) in [7, 11) is -3.43. The van der Waals surface area contributed by atoms with Crippen LogP contribution < -0.4 is 10.0 Å². The first-order valence-electron chi connectivity index (χ1n) is 5.43. The second-order valence-corrected chi connectivity index (χ2v) is 5.81. The van der Waals surface area contributed by atoms with Crippen LogP contribution in [0.3, 0.4) is 0 Å². The van der Waals surface area contributed by atoms with Crippen LogP contribution in [0.4, 0.5) is 11.4 Å². The van der Waals surface area contributed by atoms with Gasteiger partial charge in [0.15, 0.2) is 0 Å². The first-order chi connectivity index (χ1) is 8.46. The van der Waals surface area contributed by atoms with E-state index in [1.165, 1.54) is 0 Å². The van der Waals surface area contributed by atoms with Crippen molar-refractivity contribution in [1.29, 1.82) is 0 Å². The van der Waals surface area contributed by atoms with E-state index in [0.29, 0.717) is 17.8 Å². The van der Waals surface area contributed by atoms with Crippen molar-refractivity contribution in [2.75, 3.05) is 21.7 Å². The molecule has 0 fully saturated rings. The van der Waals surface area contributed by atoms with Gasteiger partial charge in [0.1, 0.15) is 0 Å². The molecule has 1 amide bonds. The van der Waals surface area contributed by atoms with Gasteiger partial charge >= 0.3 is 0 Å². The highest BCUT2D eigenvalue weighted by atomic mass is 35.5. The number of sulfonamides is 1. The van der Waals surface area contributed by atoms with Gasteiger partial charge < -0.3 is 5.32 Å². The number of rotatable bonds is 6. The Morgan fingerprint density at radius 1 is 1.33 bits per heavy atom. The topological polar surface area (TPSA) is 75.3 Å². The van der Waals surface area contributed by atoms with E-state index in [9.17, 15) is 13.2 Å². The van der Waals surface area contributed by atoms with Crippen molar-refractivity contribution in [3.8, 4) is 0 Å². The molecule has 0 aliphatic heterocycles. The van der Waals surface area contributed by atoms with E-state index in [4.69, 9.17) is 11.6 Å². The third-order valence-electron chi connectivity index (χ3n) is 2.09. The molecule has 1 rings (SSSR count). The van der Waals surface area contributed by atoms with Crippen molar-refractivity contribution >= 4 is 38.9 Å². The fourth-order valence-electron chi connectivity index (χ4n) is 1.24. The third-order valence-corrected chi connectivity index (χ3v) is 3.79. The van der Waals surface area contributed by atoms with Gasteiger partial charge in [-0.3, -0.25) is 9.52 Å². The minimum Gasteiger partial charge on any atom is -0.326 e. The zero-order valence-corrected chi connectivity index (χ0v) is 11.5. The van der Waals surface area contributed by atoms with Gasteiger partial charge in [-0.15, -0.1) is 11.6 Å². The molecule has 0 heterocycles. The summed E-state index contributed by atoms with van der Waals surface area (Å²) < 4.78 is 25.4. The number of carbonyl (C=O) groups excluding carboxylic acids is 1. The van der Waals surface area contributed by atoms with E-state index in [-0.39, 0.29) is 17.5 Å². The van der Waals surface area contributed by atoms with E-state index in [1.54, 1.807) is 31.2 Å². The van der Waals surface area contributed by atoms with Gasteiger partial charge in [0.25, 0.3) is 0 Å². The van der Waals surface area contributed by atoms with Gasteiger partial charge in [-0.2, -0.15) is 0 Å². The molecule has 0 spiro atoms. The Labute approximate surface area is 112 Å². The number of hydrogen-bond donors (Lipinski definition) is 2. The highest BCUT2D eigenvalue weighted by molar-refractivity contribution is 7.92. The number of carbonyl (C=O) groups is 1. The lowest BCUT2D eigenvalue weighted by atomic mass is 10.3. The van der Waals surface area contributed by atoms with Crippen molar-refractivity contribution in [1.82, 2.24) is 0 Å². The number of amides is 1. The van der Waals surface area contributed by atoms with Crippen molar-refractivity contribution in [3.05, 3.63) is 24.3 Å². The van der Waals surface area contributed by atoms with Crippen LogP contribution in [0.5, 0.6) is 0 Å². The maximum Gasteiger partial charge on any atom is 0.233 e. The average Bonchev–Trinajstić information content (AvgIpc) is 2.28. The van der Waals surface area contributed by atoms with Crippen LogP contribution in [-0.2, 0) is 14.8 Å². The Balaban J connectivity index is 2.79. The van der Waals surface area contributed by atoms with Crippen molar-refractivity contribution in [2.45, 2.75) is 13.3 Å². The molecule has 2 N–H and O–H groups in total. The first-order valence-corrected chi connectivity index (χ1v) is 7.62. The summed E-state index contributed by atoms with van der Waals surface area (Å²) in [4.78, 5) is 11.2. The summed E-state index contributed by atoms with van der Waals surface area (Å²) in [6.07, 6.45) is 0.363. The molecule has 0 aliphatic rings. The van der Waals surface area contributed by atoms with Crippen molar-refractivity contribution < 1.29 is 13.2 Å². The van der Waals surface area contributed by atoms with Gasteiger partial charge in [-0.25, -0.2) is 8.42 Å². The summed E-state index contributed by atoms with van der Waals surface area (Å²) >= 11 is 5.40. The van der Waals surface area contributed by atoms with Crippen molar-refractivity contribution in [2.24, 2.45) is 0 Å². The lowest BCUT2D eigenvalue weighted by Gasteiger charge is -2.09. The van der Waals surface area contributed by atoms with E-state index >= 15 is 0 Å². The predicted molar refractivity (Wildman–Crippen MR) is 73.5 cm³/mol. The van der Waals surface area contributed by atoms with Gasteiger partial charge in [-0.05, 0) is 18.2 Å². The Morgan fingerprint density at radius 3 is 2.61 bits per heavy atom. The van der Waals surface area contributed by atoms with Gasteiger partial charge in [-0.1, -0.05) is 13.0 Å². The van der Waals surface area contributed by atoms with Crippen LogP contribution in [-0.4, -0.2) is 26.0 Å². The Kier molecular flexibility index (Phi) is 5.43. The monoisotopic (exact) mass is 290 g/mol. The fourth-order valence-corrected chi connectivity index (χ4v) is 2.64. The highest BCUT2D eigenvalue weighted by Crippen LogP contribution is 2.16. The van der Waals surface area contributed by atoms with Crippen LogP contribution in [0.1, 0.15) is 13.3 Å². The second kappa shape index (κ2) is 6.61. The molecule has 100 valence electrons. The average molecular weight is 291 g/mol. The third kappa shape index (κ3) is 4.93. The van der Waals surface area contributed by atoms with Crippen LogP contribution >= 0.6 is 11.6 Å². The van der Waals surface area contributed by atoms with Crippen molar-refractivity contribution in [3.63, 3.8) is 0 Å². The summed E-state index contributed by atoms with van der Waals surface area (Å²) in [5, 5.41) is 2.65. The Bertz CT molecular complexity index is 517. The normalized spacial score (nSPS) is 11.0. The second-order valence-electron chi connectivity index (χ2n) is 3.59. The minimum absolute atomic E-state index is 0.0294. The van der Waals surface area contributed by atoms with Crippen LogP contribution in [0.25, 0.3) is 0 Å². The molecule has 0 saturated carbocycles. The fraction of sp³-hybridized carbons (Fsp3) is 0.364.